The van der Waals surface area contributed by atoms with Gasteiger partial charge in [-0.25, -0.2) is 10.1 Å². The summed E-state index contributed by atoms with van der Waals surface area (Å²) in [6.45, 7) is 1.79. The zero-order valence-electron chi connectivity index (χ0n) is 11.1. The van der Waals surface area contributed by atoms with Gasteiger partial charge in [0.15, 0.2) is 0 Å². The van der Waals surface area contributed by atoms with Gasteiger partial charge in [0.1, 0.15) is 0 Å². The largest absolute Gasteiger partial charge is 0.379 e. The lowest BCUT2D eigenvalue weighted by atomic mass is 10.1. The number of nitrogens with two attached hydrogens (primary N) is 1. The fourth-order valence-electron chi connectivity index (χ4n) is 1.97. The van der Waals surface area contributed by atoms with Crippen LogP contribution in [0.25, 0.3) is 10.9 Å². The lowest BCUT2D eigenvalue weighted by Gasteiger charge is -2.00. The van der Waals surface area contributed by atoms with Crippen LogP contribution in [0.2, 0.25) is 0 Å². The van der Waals surface area contributed by atoms with Crippen molar-refractivity contribution in [3.63, 3.8) is 0 Å². The number of rotatable bonds is 3. The Morgan fingerprint density at radius 1 is 1.38 bits per heavy atom. The molecule has 2 heterocycles. The summed E-state index contributed by atoms with van der Waals surface area (Å²) in [5.74, 6) is -0.652. The molecule has 4 N–H and O–H groups in total. The van der Waals surface area contributed by atoms with E-state index in [9.17, 15) is 4.79 Å². The Labute approximate surface area is 119 Å². The number of H-pyrrole nitrogens is 1. The van der Waals surface area contributed by atoms with Crippen LogP contribution in [0.4, 0.5) is 5.82 Å². The predicted molar refractivity (Wildman–Crippen MR) is 76.7 cm³/mol. The van der Waals surface area contributed by atoms with Crippen molar-refractivity contribution in [1.82, 2.24) is 20.7 Å². The molecule has 8 nitrogen and oxygen atoms in total. The van der Waals surface area contributed by atoms with E-state index in [4.69, 9.17) is 5.73 Å². The number of amides is 1. The summed E-state index contributed by atoms with van der Waals surface area (Å²) < 4.78 is 4.36. The van der Waals surface area contributed by atoms with Crippen LogP contribution in [-0.2, 0) is 0 Å². The van der Waals surface area contributed by atoms with Crippen molar-refractivity contribution in [1.29, 1.82) is 0 Å². The minimum Gasteiger partial charge on any atom is -0.379 e. The fraction of sp³-hybridized carbons (Fsp3) is 0.0769. The van der Waals surface area contributed by atoms with Gasteiger partial charge in [0, 0.05) is 22.7 Å². The molecule has 8 heteroatoms. The van der Waals surface area contributed by atoms with E-state index in [-0.39, 0.29) is 11.5 Å². The smallest absolute Gasteiger partial charge is 0.297 e. The van der Waals surface area contributed by atoms with Gasteiger partial charge in [0.2, 0.25) is 11.5 Å². The number of nitrogen functional groups attached to an aromatic ring is 1. The van der Waals surface area contributed by atoms with Crippen LogP contribution in [0.5, 0.6) is 0 Å². The molecule has 0 saturated heterocycles. The minimum atomic E-state index is -0.576. The summed E-state index contributed by atoms with van der Waals surface area (Å²) in [6.07, 6.45) is 1.83. The van der Waals surface area contributed by atoms with E-state index in [1.54, 1.807) is 6.92 Å². The van der Waals surface area contributed by atoms with E-state index >= 15 is 0 Å². The zero-order chi connectivity index (χ0) is 14.8. The van der Waals surface area contributed by atoms with Gasteiger partial charge in [0.25, 0.3) is 5.91 Å². The van der Waals surface area contributed by atoms with E-state index in [0.717, 1.165) is 16.5 Å². The first kappa shape index (κ1) is 12.9. The number of nitrogens with one attached hydrogen (secondary N) is 2. The van der Waals surface area contributed by atoms with Crippen molar-refractivity contribution in [3.05, 3.63) is 41.7 Å². The molecule has 0 bridgehead atoms. The molecule has 0 radical (unpaired) electrons. The number of nitrogens with zero attached hydrogens (tertiary/aromatic N) is 3. The van der Waals surface area contributed by atoms with E-state index in [1.165, 1.54) is 0 Å². The molecule has 0 aliphatic heterocycles. The van der Waals surface area contributed by atoms with Crippen LogP contribution in [0.15, 0.2) is 40.2 Å². The standard InChI is InChI=1S/C13H12N6O2/c1-7(9-6-15-10-5-3-2-4-8(9)10)16-17-13(20)11-12(14)19-21-18-11/h2-6,15H,1H3,(H2,14,19)(H,17,20)/b16-7-. The number of anilines is 1. The van der Waals surface area contributed by atoms with Gasteiger partial charge in [-0.1, -0.05) is 18.2 Å². The zero-order valence-corrected chi connectivity index (χ0v) is 11.1. The molecule has 0 saturated carbocycles. The quantitative estimate of drug-likeness (QED) is 0.494. The minimum absolute atomic E-state index is 0.0764. The lowest BCUT2D eigenvalue weighted by Crippen LogP contribution is -2.20. The maximum absolute atomic E-state index is 11.8. The van der Waals surface area contributed by atoms with Crippen molar-refractivity contribution in [2.45, 2.75) is 6.92 Å². The molecule has 0 fully saturated rings. The molecule has 0 aliphatic rings. The summed E-state index contributed by atoms with van der Waals surface area (Å²) in [7, 11) is 0. The molecule has 21 heavy (non-hydrogen) atoms. The monoisotopic (exact) mass is 284 g/mol. The second kappa shape index (κ2) is 5.08. The van der Waals surface area contributed by atoms with Crippen molar-refractivity contribution in [2.24, 2.45) is 5.10 Å². The van der Waals surface area contributed by atoms with Crippen molar-refractivity contribution in [3.8, 4) is 0 Å². The molecule has 3 rings (SSSR count). The van der Waals surface area contributed by atoms with Crippen LogP contribution in [0.3, 0.4) is 0 Å². The van der Waals surface area contributed by atoms with Crippen molar-refractivity contribution in [2.75, 3.05) is 5.73 Å². The van der Waals surface area contributed by atoms with Gasteiger partial charge < -0.3 is 10.7 Å². The molecule has 106 valence electrons. The van der Waals surface area contributed by atoms with Gasteiger partial charge in [-0.05, 0) is 23.3 Å². The number of benzene rings is 1. The number of hydrogen-bond donors (Lipinski definition) is 3. The Bertz CT molecular complexity index is 832. The summed E-state index contributed by atoms with van der Waals surface area (Å²) in [6, 6.07) is 7.82. The maximum atomic E-state index is 11.8. The Kier molecular flexibility index (Phi) is 3.11. The molecule has 1 amide bonds. The maximum Gasteiger partial charge on any atom is 0.297 e. The highest BCUT2D eigenvalue weighted by Crippen LogP contribution is 2.18. The highest BCUT2D eigenvalue weighted by molar-refractivity contribution is 6.10. The second-order valence-corrected chi connectivity index (χ2v) is 4.38. The topological polar surface area (TPSA) is 122 Å². The third-order valence-corrected chi connectivity index (χ3v) is 3.03. The van der Waals surface area contributed by atoms with Gasteiger partial charge in [0.05, 0.1) is 5.71 Å². The number of hydrogen-bond acceptors (Lipinski definition) is 6. The van der Waals surface area contributed by atoms with E-state index < -0.39 is 5.91 Å². The fourth-order valence-corrected chi connectivity index (χ4v) is 1.97. The normalized spacial score (nSPS) is 11.8. The summed E-state index contributed by atoms with van der Waals surface area (Å²) in [5.41, 5.74) is 10.3. The molecule has 0 atom stereocenters. The number of para-hydroxylation sites is 1. The van der Waals surface area contributed by atoms with E-state index in [2.05, 4.69) is 30.5 Å². The third-order valence-electron chi connectivity index (χ3n) is 3.03. The average molecular weight is 284 g/mol. The van der Waals surface area contributed by atoms with Gasteiger partial charge in [-0.3, -0.25) is 4.79 Å². The molecule has 3 aromatic rings. The van der Waals surface area contributed by atoms with Crippen molar-refractivity contribution >= 4 is 28.3 Å². The highest BCUT2D eigenvalue weighted by Gasteiger charge is 2.15. The highest BCUT2D eigenvalue weighted by atomic mass is 16.6. The first-order valence-corrected chi connectivity index (χ1v) is 6.16. The van der Waals surface area contributed by atoms with Crippen LogP contribution >= 0.6 is 0 Å². The Balaban J connectivity index is 1.83. The predicted octanol–water partition coefficient (Wildman–Crippen LogP) is 1.29. The number of carbonyl (C=O) groups is 1. The summed E-state index contributed by atoms with van der Waals surface area (Å²) in [4.78, 5) is 14.9. The Hall–Kier alpha value is -3.16. The van der Waals surface area contributed by atoms with Gasteiger partial charge in [-0.15, -0.1) is 0 Å². The number of aromatic nitrogens is 3. The van der Waals surface area contributed by atoms with Gasteiger partial charge >= 0.3 is 0 Å². The second-order valence-electron chi connectivity index (χ2n) is 4.38. The van der Waals surface area contributed by atoms with Crippen LogP contribution in [0.1, 0.15) is 23.0 Å². The number of fused-ring (bicyclic) bond motifs is 1. The molecular weight excluding hydrogens is 272 g/mol. The van der Waals surface area contributed by atoms with Crippen LogP contribution in [-0.4, -0.2) is 26.9 Å². The Morgan fingerprint density at radius 2 is 2.19 bits per heavy atom. The molecule has 1 aromatic carbocycles. The first-order chi connectivity index (χ1) is 10.2. The molecular formula is C13H12N6O2. The lowest BCUT2D eigenvalue weighted by molar-refractivity contribution is 0.0945. The molecule has 0 unspecified atom stereocenters. The molecule has 0 spiro atoms. The molecule has 0 aliphatic carbocycles. The molecule has 2 aromatic heterocycles. The summed E-state index contributed by atoms with van der Waals surface area (Å²) >= 11 is 0. The number of carbonyl (C=O) groups excluding carboxylic acids is 1. The first-order valence-electron chi connectivity index (χ1n) is 6.16. The van der Waals surface area contributed by atoms with Crippen molar-refractivity contribution < 1.29 is 9.42 Å². The van der Waals surface area contributed by atoms with E-state index in [0.29, 0.717) is 5.71 Å². The number of hydrazone groups is 1. The van der Waals surface area contributed by atoms with Crippen LogP contribution in [0, 0.1) is 0 Å². The van der Waals surface area contributed by atoms with Crippen LogP contribution < -0.4 is 11.2 Å². The van der Waals surface area contributed by atoms with E-state index in [1.807, 2.05) is 30.5 Å². The Morgan fingerprint density at radius 3 is 2.95 bits per heavy atom. The third kappa shape index (κ3) is 2.34. The average Bonchev–Trinajstić information content (AvgIpc) is 3.10. The summed E-state index contributed by atoms with van der Waals surface area (Å²) in [5, 5.41) is 11.8. The van der Waals surface area contributed by atoms with Gasteiger partial charge in [-0.2, -0.15) is 5.10 Å². The number of aromatic amines is 1. The SMILES string of the molecule is C/C(=N/NC(=O)c1nonc1N)c1c[nH]c2ccccc12.